The van der Waals surface area contributed by atoms with Crippen LogP contribution in [0.1, 0.15) is 12.5 Å². The molecule has 0 aromatic heterocycles. The van der Waals surface area contributed by atoms with E-state index in [1.807, 2.05) is 0 Å². The quantitative estimate of drug-likeness (QED) is 0.801. The molecular formula is C15H14ClF2NO3. The van der Waals surface area contributed by atoms with Crippen LogP contribution < -0.4 is 4.90 Å². The smallest absolute Gasteiger partial charge is 0.310 e. The molecule has 1 aromatic rings. The number of likely N-dealkylation sites (N-methyl/N-ethyl adjacent to an activating group) is 1. The lowest BCUT2D eigenvalue weighted by Gasteiger charge is -2.12. The molecule has 3 atom stereocenters. The van der Waals surface area contributed by atoms with Crippen molar-refractivity contribution in [3.8, 4) is 0 Å². The van der Waals surface area contributed by atoms with E-state index in [2.05, 4.69) is 0 Å². The van der Waals surface area contributed by atoms with Gasteiger partial charge in [0.05, 0.1) is 34.6 Å². The van der Waals surface area contributed by atoms with Crippen LogP contribution in [-0.2, 0) is 19.7 Å². The third kappa shape index (κ3) is 1.67. The number of alkyl halides is 2. The molecule has 1 heterocycles. The van der Waals surface area contributed by atoms with Gasteiger partial charge in [-0.15, -0.1) is 0 Å². The van der Waals surface area contributed by atoms with Crippen molar-refractivity contribution in [2.24, 2.45) is 11.8 Å². The van der Waals surface area contributed by atoms with Gasteiger partial charge in [0, 0.05) is 7.05 Å². The van der Waals surface area contributed by atoms with Crippen LogP contribution in [0.15, 0.2) is 18.2 Å². The van der Waals surface area contributed by atoms with Crippen molar-refractivity contribution in [3.05, 3.63) is 28.8 Å². The summed E-state index contributed by atoms with van der Waals surface area (Å²) < 4.78 is 31.8. The van der Waals surface area contributed by atoms with E-state index in [1.165, 1.54) is 11.9 Å². The van der Waals surface area contributed by atoms with Crippen LogP contribution in [0.25, 0.3) is 0 Å². The molecular weight excluding hydrogens is 316 g/mol. The fourth-order valence-corrected chi connectivity index (χ4v) is 3.93. The average Bonchev–Trinajstić information content (AvgIpc) is 3.11. The number of ether oxygens (including phenoxy) is 1. The molecule has 7 heteroatoms. The number of benzene rings is 1. The summed E-state index contributed by atoms with van der Waals surface area (Å²) in [6.45, 7) is 1.67. The first kappa shape index (κ1) is 15.2. The number of para-hydroxylation sites is 1. The Bertz CT molecular complexity index is 666. The molecule has 22 heavy (non-hydrogen) atoms. The Kier molecular flexibility index (Phi) is 3.40. The van der Waals surface area contributed by atoms with Crippen molar-refractivity contribution < 1.29 is 23.1 Å². The summed E-state index contributed by atoms with van der Waals surface area (Å²) in [7, 11) is 1.48. The molecule has 1 spiro atoms. The number of nitrogens with zero attached hydrogens (tertiary/aromatic N) is 1. The van der Waals surface area contributed by atoms with Gasteiger partial charge in [-0.1, -0.05) is 23.7 Å². The van der Waals surface area contributed by atoms with Gasteiger partial charge in [-0.2, -0.15) is 0 Å². The summed E-state index contributed by atoms with van der Waals surface area (Å²) in [5.74, 6) is -3.83. The zero-order valence-electron chi connectivity index (χ0n) is 12.0. The van der Waals surface area contributed by atoms with Gasteiger partial charge in [0.1, 0.15) is 0 Å². The van der Waals surface area contributed by atoms with Crippen molar-refractivity contribution in [1.29, 1.82) is 0 Å². The molecule has 1 aliphatic carbocycles. The first-order valence-corrected chi connectivity index (χ1v) is 7.28. The monoisotopic (exact) mass is 329 g/mol. The molecule has 0 saturated heterocycles. The highest BCUT2D eigenvalue weighted by Crippen LogP contribution is 2.68. The number of amides is 1. The Morgan fingerprint density at radius 3 is 2.77 bits per heavy atom. The van der Waals surface area contributed by atoms with E-state index in [9.17, 15) is 18.4 Å². The predicted octanol–water partition coefficient (Wildman–Crippen LogP) is 2.63. The number of esters is 1. The summed E-state index contributed by atoms with van der Waals surface area (Å²) >= 11 is 6.10. The van der Waals surface area contributed by atoms with Crippen LogP contribution in [-0.4, -0.2) is 32.0 Å². The third-order valence-electron chi connectivity index (χ3n) is 4.50. The van der Waals surface area contributed by atoms with Gasteiger partial charge in [0.2, 0.25) is 12.3 Å². The highest BCUT2D eigenvalue weighted by molar-refractivity contribution is 6.35. The summed E-state index contributed by atoms with van der Waals surface area (Å²) in [4.78, 5) is 26.0. The topological polar surface area (TPSA) is 46.6 Å². The van der Waals surface area contributed by atoms with E-state index in [1.54, 1.807) is 25.1 Å². The van der Waals surface area contributed by atoms with Crippen LogP contribution in [0.4, 0.5) is 14.5 Å². The van der Waals surface area contributed by atoms with Crippen LogP contribution in [0.5, 0.6) is 0 Å². The normalized spacial score (nSPS) is 29.2. The molecule has 1 fully saturated rings. The van der Waals surface area contributed by atoms with Gasteiger partial charge in [0.15, 0.2) is 0 Å². The lowest BCUT2D eigenvalue weighted by molar-refractivity contribution is -0.146. The lowest BCUT2D eigenvalue weighted by Crippen LogP contribution is -2.32. The van der Waals surface area contributed by atoms with Gasteiger partial charge in [-0.25, -0.2) is 8.78 Å². The Hall–Kier alpha value is -1.69. The highest BCUT2D eigenvalue weighted by atomic mass is 35.5. The van der Waals surface area contributed by atoms with Crippen molar-refractivity contribution in [2.45, 2.75) is 18.8 Å². The molecule has 1 aromatic carbocycles. The first-order chi connectivity index (χ1) is 10.4. The SMILES string of the molecule is CCOC(=O)[C@@H]1[C@@H](C(F)F)[C@@]12C(=O)N(C)c1c(Cl)cccc12. The maximum atomic E-state index is 13.5. The second-order valence-corrected chi connectivity index (χ2v) is 5.87. The first-order valence-electron chi connectivity index (χ1n) is 6.90. The van der Waals surface area contributed by atoms with E-state index in [-0.39, 0.29) is 6.61 Å². The number of rotatable bonds is 3. The van der Waals surface area contributed by atoms with Crippen LogP contribution >= 0.6 is 11.6 Å². The molecule has 2 aliphatic rings. The molecule has 0 bridgehead atoms. The van der Waals surface area contributed by atoms with Crippen molar-refractivity contribution in [2.75, 3.05) is 18.6 Å². The van der Waals surface area contributed by atoms with E-state index >= 15 is 0 Å². The average molecular weight is 330 g/mol. The summed E-state index contributed by atoms with van der Waals surface area (Å²) in [6, 6.07) is 4.76. The predicted molar refractivity (Wildman–Crippen MR) is 76.2 cm³/mol. The van der Waals surface area contributed by atoms with Gasteiger partial charge in [0.25, 0.3) is 0 Å². The number of hydrogen-bond donors (Lipinski definition) is 0. The lowest BCUT2D eigenvalue weighted by atomic mass is 9.93. The van der Waals surface area contributed by atoms with Crippen molar-refractivity contribution in [3.63, 3.8) is 0 Å². The largest absolute Gasteiger partial charge is 0.466 e. The summed E-state index contributed by atoms with van der Waals surface area (Å²) in [5.41, 5.74) is -0.766. The second kappa shape index (κ2) is 4.91. The van der Waals surface area contributed by atoms with Gasteiger partial charge in [-0.3, -0.25) is 9.59 Å². The number of fused-ring (bicyclic) bond motifs is 2. The molecule has 0 unspecified atom stereocenters. The zero-order chi connectivity index (χ0) is 16.2. The number of halogens is 3. The fraction of sp³-hybridized carbons (Fsp3) is 0.467. The second-order valence-electron chi connectivity index (χ2n) is 5.46. The Balaban J connectivity index is 2.16. The van der Waals surface area contributed by atoms with E-state index in [4.69, 9.17) is 16.3 Å². The molecule has 0 radical (unpaired) electrons. The number of carbonyl (C=O) groups is 2. The Labute approximate surface area is 131 Å². The number of hydrogen-bond acceptors (Lipinski definition) is 3. The number of carbonyl (C=O) groups excluding carboxylic acids is 2. The highest BCUT2D eigenvalue weighted by Gasteiger charge is 2.80. The Morgan fingerprint density at radius 1 is 1.50 bits per heavy atom. The molecule has 1 saturated carbocycles. The maximum Gasteiger partial charge on any atom is 0.310 e. The van der Waals surface area contributed by atoms with E-state index in [0.29, 0.717) is 16.3 Å². The summed E-state index contributed by atoms with van der Waals surface area (Å²) in [6.07, 6.45) is -2.79. The van der Waals surface area contributed by atoms with Gasteiger partial charge < -0.3 is 9.64 Å². The summed E-state index contributed by atoms with van der Waals surface area (Å²) in [5, 5.41) is 0.299. The number of anilines is 1. The van der Waals surface area contributed by atoms with Crippen molar-refractivity contribution in [1.82, 2.24) is 0 Å². The maximum absolute atomic E-state index is 13.5. The zero-order valence-corrected chi connectivity index (χ0v) is 12.7. The molecule has 1 amide bonds. The molecule has 118 valence electrons. The molecule has 0 N–H and O–H groups in total. The Morgan fingerprint density at radius 2 is 2.18 bits per heavy atom. The molecule has 1 aliphatic heterocycles. The van der Waals surface area contributed by atoms with Crippen LogP contribution in [0, 0.1) is 11.8 Å². The van der Waals surface area contributed by atoms with Gasteiger partial charge in [-0.05, 0) is 18.6 Å². The van der Waals surface area contributed by atoms with E-state index < -0.39 is 35.6 Å². The van der Waals surface area contributed by atoms with E-state index in [0.717, 1.165) is 0 Å². The molecule has 3 rings (SSSR count). The van der Waals surface area contributed by atoms with Crippen LogP contribution in [0.2, 0.25) is 5.02 Å². The minimum atomic E-state index is -2.79. The molecule has 4 nitrogen and oxygen atoms in total. The minimum Gasteiger partial charge on any atom is -0.466 e. The van der Waals surface area contributed by atoms with Gasteiger partial charge >= 0.3 is 5.97 Å². The third-order valence-corrected chi connectivity index (χ3v) is 4.81. The van der Waals surface area contributed by atoms with Crippen molar-refractivity contribution >= 4 is 29.2 Å². The fourth-order valence-electron chi connectivity index (χ4n) is 3.63. The standard InChI is InChI=1S/C15H14ClF2NO3/c1-3-22-13(20)10-9(12(17)18)15(10)7-5-4-6-8(16)11(7)19(2)14(15)21/h4-6,9-10,12H,3H2,1-2H3/t9-,10-,15+/m0/s1. The van der Waals surface area contributed by atoms with Crippen LogP contribution in [0.3, 0.4) is 0 Å². The minimum absolute atomic E-state index is 0.0772.